The topological polar surface area (TPSA) is 44.7 Å². The van der Waals surface area contributed by atoms with Crippen molar-refractivity contribution in [2.24, 2.45) is 0 Å². The number of halogens is 4. The zero-order valence-electron chi connectivity index (χ0n) is 11.7. The van der Waals surface area contributed by atoms with Crippen molar-refractivity contribution >= 4 is 17.3 Å². The molecule has 1 aromatic rings. The van der Waals surface area contributed by atoms with Crippen LogP contribution in [0, 0.1) is 0 Å². The zero-order chi connectivity index (χ0) is 15.9. The Morgan fingerprint density at radius 3 is 2.86 bits per heavy atom. The maximum atomic E-state index is 13.0. The monoisotopic (exact) mass is 336 g/mol. The predicted octanol–water partition coefficient (Wildman–Crippen LogP) is 2.28. The molecule has 2 aliphatic heterocycles. The van der Waals surface area contributed by atoms with Gasteiger partial charge in [0.05, 0.1) is 22.9 Å². The number of hydrogen-bond acceptors (Lipinski definition) is 4. The van der Waals surface area contributed by atoms with Crippen molar-refractivity contribution < 1.29 is 23.0 Å². The molecule has 2 atom stereocenters. The van der Waals surface area contributed by atoms with Crippen LogP contribution in [0.1, 0.15) is 12.0 Å². The molecule has 22 heavy (non-hydrogen) atoms. The second kappa shape index (κ2) is 5.79. The molecule has 4 nitrogen and oxygen atoms in total. The van der Waals surface area contributed by atoms with Crippen molar-refractivity contribution in [3.63, 3.8) is 0 Å². The smallest absolute Gasteiger partial charge is 0.416 e. The Morgan fingerprint density at radius 1 is 1.41 bits per heavy atom. The van der Waals surface area contributed by atoms with Gasteiger partial charge in [0.15, 0.2) is 5.75 Å². The largest absolute Gasteiger partial charge is 0.484 e. The van der Waals surface area contributed by atoms with Crippen LogP contribution in [-0.2, 0) is 6.18 Å². The first-order chi connectivity index (χ1) is 10.4. The molecule has 2 N–H and O–H groups in total. The fourth-order valence-corrected chi connectivity index (χ4v) is 3.25. The van der Waals surface area contributed by atoms with E-state index in [9.17, 15) is 18.3 Å². The van der Waals surface area contributed by atoms with Gasteiger partial charge in [-0.25, -0.2) is 0 Å². The molecule has 0 saturated carbocycles. The van der Waals surface area contributed by atoms with E-state index < -0.39 is 17.8 Å². The molecule has 0 amide bonds. The molecule has 2 aliphatic rings. The van der Waals surface area contributed by atoms with Crippen LogP contribution in [0.15, 0.2) is 12.1 Å². The van der Waals surface area contributed by atoms with Crippen molar-refractivity contribution in [1.29, 1.82) is 0 Å². The Balaban J connectivity index is 2.11. The molecular formula is C14H16ClF3N2O2. The summed E-state index contributed by atoms with van der Waals surface area (Å²) in [5, 5.41) is 12.6. The highest BCUT2D eigenvalue weighted by Crippen LogP contribution is 2.44. The van der Waals surface area contributed by atoms with Crippen LogP contribution in [0.4, 0.5) is 18.9 Å². The van der Waals surface area contributed by atoms with E-state index in [1.807, 2.05) is 4.90 Å². The number of aliphatic hydroxyl groups excluding tert-OH is 1. The SMILES string of the molecule is OC[C@@H]1C[C@@H]2CNCCN2c2cc(C(F)(F)F)cc(Cl)c2O1. The van der Waals surface area contributed by atoms with E-state index in [0.29, 0.717) is 31.7 Å². The molecule has 0 aromatic heterocycles. The molecule has 1 fully saturated rings. The minimum atomic E-state index is -4.47. The van der Waals surface area contributed by atoms with Gasteiger partial charge >= 0.3 is 6.18 Å². The highest BCUT2D eigenvalue weighted by molar-refractivity contribution is 6.32. The van der Waals surface area contributed by atoms with Crippen LogP contribution < -0.4 is 15.0 Å². The molecule has 1 aromatic carbocycles. The van der Waals surface area contributed by atoms with E-state index in [0.717, 1.165) is 12.1 Å². The van der Waals surface area contributed by atoms with Gasteiger partial charge in [0.1, 0.15) is 6.10 Å². The Morgan fingerprint density at radius 2 is 2.18 bits per heavy atom. The van der Waals surface area contributed by atoms with Gasteiger partial charge in [-0.15, -0.1) is 0 Å². The first-order valence-electron chi connectivity index (χ1n) is 7.05. The third kappa shape index (κ3) is 2.85. The van der Waals surface area contributed by atoms with Crippen LogP contribution in [-0.4, -0.2) is 43.5 Å². The van der Waals surface area contributed by atoms with E-state index in [1.165, 1.54) is 0 Å². The summed E-state index contributed by atoms with van der Waals surface area (Å²) in [4.78, 5) is 1.89. The van der Waals surface area contributed by atoms with Crippen LogP contribution in [0.5, 0.6) is 5.75 Å². The average molecular weight is 337 g/mol. The van der Waals surface area contributed by atoms with Gasteiger partial charge in [-0.2, -0.15) is 13.2 Å². The number of fused-ring (bicyclic) bond motifs is 3. The molecule has 0 unspecified atom stereocenters. The van der Waals surface area contributed by atoms with Crippen LogP contribution in [0.3, 0.4) is 0 Å². The molecule has 1 saturated heterocycles. The highest BCUT2D eigenvalue weighted by Gasteiger charge is 2.37. The molecule has 0 aliphatic carbocycles. The van der Waals surface area contributed by atoms with E-state index in [1.54, 1.807) is 0 Å². The first kappa shape index (κ1) is 15.7. The van der Waals surface area contributed by atoms with Crippen molar-refractivity contribution in [1.82, 2.24) is 5.32 Å². The number of ether oxygens (including phenoxy) is 1. The molecule has 122 valence electrons. The van der Waals surface area contributed by atoms with E-state index in [-0.39, 0.29) is 23.4 Å². The van der Waals surface area contributed by atoms with Gasteiger partial charge in [-0.3, -0.25) is 0 Å². The fraction of sp³-hybridized carbons (Fsp3) is 0.571. The van der Waals surface area contributed by atoms with Gasteiger partial charge in [0, 0.05) is 32.1 Å². The zero-order valence-corrected chi connectivity index (χ0v) is 12.4. The van der Waals surface area contributed by atoms with Gasteiger partial charge in [0.25, 0.3) is 0 Å². The Hall–Kier alpha value is -1.18. The van der Waals surface area contributed by atoms with Crippen molar-refractivity contribution in [2.75, 3.05) is 31.1 Å². The Kier molecular flexibility index (Phi) is 4.13. The van der Waals surface area contributed by atoms with Gasteiger partial charge in [-0.05, 0) is 12.1 Å². The second-order valence-electron chi connectivity index (χ2n) is 5.51. The average Bonchev–Trinajstić information content (AvgIpc) is 2.63. The highest BCUT2D eigenvalue weighted by atomic mass is 35.5. The lowest BCUT2D eigenvalue weighted by Gasteiger charge is -2.37. The number of benzene rings is 1. The Labute approximate surface area is 130 Å². The number of rotatable bonds is 1. The quantitative estimate of drug-likeness (QED) is 0.826. The lowest BCUT2D eigenvalue weighted by atomic mass is 10.0. The predicted molar refractivity (Wildman–Crippen MR) is 76.6 cm³/mol. The summed E-state index contributed by atoms with van der Waals surface area (Å²) in [5.41, 5.74) is -0.443. The first-order valence-corrected chi connectivity index (χ1v) is 7.43. The normalized spacial score (nSPS) is 25.0. The summed E-state index contributed by atoms with van der Waals surface area (Å²) in [6, 6.07) is 1.92. The number of piperazine rings is 1. The summed E-state index contributed by atoms with van der Waals surface area (Å²) < 4.78 is 44.8. The lowest BCUT2D eigenvalue weighted by molar-refractivity contribution is -0.137. The second-order valence-corrected chi connectivity index (χ2v) is 5.92. The summed E-state index contributed by atoms with van der Waals surface area (Å²) in [5.74, 6) is 0.220. The molecule has 0 radical (unpaired) electrons. The number of hydrogen-bond donors (Lipinski definition) is 2. The van der Waals surface area contributed by atoms with Crippen LogP contribution in [0.25, 0.3) is 0 Å². The van der Waals surface area contributed by atoms with Gasteiger partial charge < -0.3 is 20.1 Å². The van der Waals surface area contributed by atoms with Crippen molar-refractivity contribution in [3.8, 4) is 5.75 Å². The van der Waals surface area contributed by atoms with E-state index >= 15 is 0 Å². The standard InChI is InChI=1S/C14H16ClF3N2O2/c15-11-3-8(14(16,17)18)4-12-13(11)22-10(7-21)5-9-6-19-1-2-20(9)12/h3-4,9-10,19,21H,1-2,5-7H2/t9-,10+/m1/s1. The summed E-state index contributed by atoms with van der Waals surface area (Å²) >= 11 is 6.03. The minimum absolute atomic E-state index is 0.0355. The molecule has 0 bridgehead atoms. The summed E-state index contributed by atoms with van der Waals surface area (Å²) in [7, 11) is 0. The number of nitrogens with zero attached hydrogens (tertiary/aromatic N) is 1. The van der Waals surface area contributed by atoms with E-state index in [4.69, 9.17) is 16.3 Å². The molecule has 8 heteroatoms. The van der Waals surface area contributed by atoms with Gasteiger partial charge in [-0.1, -0.05) is 11.6 Å². The van der Waals surface area contributed by atoms with E-state index in [2.05, 4.69) is 5.32 Å². The number of alkyl halides is 3. The third-order valence-electron chi connectivity index (χ3n) is 4.03. The van der Waals surface area contributed by atoms with Crippen LogP contribution >= 0.6 is 11.6 Å². The fourth-order valence-electron chi connectivity index (χ4n) is 2.99. The summed E-state index contributed by atoms with van der Waals surface area (Å²) in [6.07, 6.45) is -4.43. The van der Waals surface area contributed by atoms with Crippen molar-refractivity contribution in [2.45, 2.75) is 24.7 Å². The lowest BCUT2D eigenvalue weighted by Crippen LogP contribution is -2.52. The number of aliphatic hydroxyl groups is 1. The molecule has 0 spiro atoms. The Bertz CT molecular complexity index is 568. The summed E-state index contributed by atoms with van der Waals surface area (Å²) in [6.45, 7) is 1.67. The number of nitrogens with one attached hydrogen (secondary N) is 1. The maximum absolute atomic E-state index is 13.0. The molecule has 3 rings (SSSR count). The minimum Gasteiger partial charge on any atom is -0.484 e. The molecular weight excluding hydrogens is 321 g/mol. The van der Waals surface area contributed by atoms with Crippen molar-refractivity contribution in [3.05, 3.63) is 22.7 Å². The van der Waals surface area contributed by atoms with Gasteiger partial charge in [0.2, 0.25) is 0 Å². The number of anilines is 1. The van der Waals surface area contributed by atoms with Crippen LogP contribution in [0.2, 0.25) is 5.02 Å². The molecule has 2 heterocycles. The maximum Gasteiger partial charge on any atom is 0.416 e. The third-order valence-corrected chi connectivity index (χ3v) is 4.31.